The number of allylic oxidation sites excluding steroid dienone is 2. The van der Waals surface area contributed by atoms with Gasteiger partial charge in [0, 0.05) is 6.42 Å². The number of aliphatic hydroxyl groups is 2. The first kappa shape index (κ1) is 19.5. The van der Waals surface area contributed by atoms with Crippen LogP contribution in [0.5, 0.6) is 0 Å². The lowest BCUT2D eigenvalue weighted by Crippen LogP contribution is -2.44. The van der Waals surface area contributed by atoms with E-state index in [-0.39, 0.29) is 12.3 Å². The Morgan fingerprint density at radius 2 is 1.96 bits per heavy atom. The molecule has 4 heteroatoms. The second-order valence-electron chi connectivity index (χ2n) is 8.40. The first-order valence-corrected chi connectivity index (χ1v) is 10.3. The summed E-state index contributed by atoms with van der Waals surface area (Å²) in [7, 11) is 0. The van der Waals surface area contributed by atoms with E-state index in [1.807, 2.05) is 0 Å². The molecule has 0 heterocycles. The fourth-order valence-electron chi connectivity index (χ4n) is 5.08. The molecule has 0 radical (unpaired) electrons. The zero-order valence-corrected chi connectivity index (χ0v) is 15.6. The number of rotatable bonds is 5. The fraction of sp³-hybridized carbons (Fsp3) is 0.773. The third-order valence-electron chi connectivity index (χ3n) is 6.58. The van der Waals surface area contributed by atoms with Gasteiger partial charge in [0.1, 0.15) is 6.10 Å². The maximum Gasteiger partial charge on any atom is 0.303 e. The molecule has 3 fully saturated rings. The SMILES string of the molecule is O=C(O)CCC=C1C[C@H]2[C@H](C#CC(O)CC3CCCCC3)[C@@H](O)CC[C@@H]12. The van der Waals surface area contributed by atoms with E-state index in [1.165, 1.54) is 37.7 Å². The first-order valence-electron chi connectivity index (χ1n) is 10.3. The van der Waals surface area contributed by atoms with E-state index in [2.05, 4.69) is 17.9 Å². The molecule has 3 N–H and O–H groups in total. The Labute approximate surface area is 156 Å². The van der Waals surface area contributed by atoms with Gasteiger partial charge in [-0.2, -0.15) is 0 Å². The van der Waals surface area contributed by atoms with Gasteiger partial charge in [0.2, 0.25) is 0 Å². The quantitative estimate of drug-likeness (QED) is 0.518. The minimum absolute atomic E-state index is 0.0496. The van der Waals surface area contributed by atoms with Crippen LogP contribution in [0.25, 0.3) is 0 Å². The van der Waals surface area contributed by atoms with Crippen LogP contribution in [0, 0.1) is 35.5 Å². The highest BCUT2D eigenvalue weighted by atomic mass is 16.4. The maximum absolute atomic E-state index is 10.7. The molecule has 3 aliphatic rings. The van der Waals surface area contributed by atoms with Crippen molar-refractivity contribution in [2.45, 2.75) is 82.8 Å². The molecule has 1 unspecified atom stereocenters. The van der Waals surface area contributed by atoms with E-state index in [1.54, 1.807) is 0 Å². The Hall–Kier alpha value is -1.31. The minimum Gasteiger partial charge on any atom is -0.481 e. The number of fused-ring (bicyclic) bond motifs is 1. The van der Waals surface area contributed by atoms with Gasteiger partial charge in [-0.3, -0.25) is 4.79 Å². The Kier molecular flexibility index (Phi) is 6.78. The summed E-state index contributed by atoms with van der Waals surface area (Å²) in [6.07, 6.45) is 11.6. The normalized spacial score (nSPS) is 34.3. The van der Waals surface area contributed by atoms with Gasteiger partial charge in [-0.15, -0.1) is 0 Å². The van der Waals surface area contributed by atoms with Crippen molar-refractivity contribution < 1.29 is 20.1 Å². The van der Waals surface area contributed by atoms with Gasteiger partial charge in [0.25, 0.3) is 0 Å². The molecule has 3 rings (SSSR count). The third-order valence-corrected chi connectivity index (χ3v) is 6.58. The molecule has 3 saturated carbocycles. The molecule has 0 aromatic heterocycles. The molecule has 0 aromatic rings. The average molecular weight is 360 g/mol. The Bertz CT molecular complexity index is 579. The van der Waals surface area contributed by atoms with Gasteiger partial charge < -0.3 is 15.3 Å². The summed E-state index contributed by atoms with van der Waals surface area (Å²) in [5, 5.41) is 29.4. The lowest BCUT2D eigenvalue weighted by molar-refractivity contribution is -0.136. The van der Waals surface area contributed by atoms with Crippen LogP contribution in [-0.4, -0.2) is 33.5 Å². The molecule has 0 amide bonds. The van der Waals surface area contributed by atoms with Crippen LogP contribution < -0.4 is 0 Å². The van der Waals surface area contributed by atoms with Crippen molar-refractivity contribution in [2.24, 2.45) is 23.7 Å². The summed E-state index contributed by atoms with van der Waals surface area (Å²) < 4.78 is 0. The van der Waals surface area contributed by atoms with Gasteiger partial charge in [0.05, 0.1) is 12.0 Å². The van der Waals surface area contributed by atoms with Crippen molar-refractivity contribution in [1.29, 1.82) is 0 Å². The van der Waals surface area contributed by atoms with E-state index in [9.17, 15) is 15.0 Å². The second-order valence-corrected chi connectivity index (χ2v) is 8.40. The number of carboxylic acid groups (broad SMARTS) is 1. The average Bonchev–Trinajstić information content (AvgIpc) is 2.59. The first-order chi connectivity index (χ1) is 12.5. The number of carbonyl (C=O) groups is 1. The summed E-state index contributed by atoms with van der Waals surface area (Å²) in [6.45, 7) is 0. The molecule has 0 bridgehead atoms. The molecule has 0 saturated heterocycles. The largest absolute Gasteiger partial charge is 0.481 e. The van der Waals surface area contributed by atoms with E-state index in [4.69, 9.17) is 5.11 Å². The summed E-state index contributed by atoms with van der Waals surface area (Å²) in [5.41, 5.74) is 1.35. The summed E-state index contributed by atoms with van der Waals surface area (Å²) in [5.74, 6) is 6.86. The van der Waals surface area contributed by atoms with Crippen molar-refractivity contribution >= 4 is 5.97 Å². The Morgan fingerprint density at radius 1 is 1.19 bits per heavy atom. The summed E-state index contributed by atoms with van der Waals surface area (Å²) in [4.78, 5) is 10.7. The highest BCUT2D eigenvalue weighted by Crippen LogP contribution is 2.51. The molecule has 4 nitrogen and oxygen atoms in total. The predicted molar refractivity (Wildman–Crippen MR) is 100 cm³/mol. The van der Waals surface area contributed by atoms with E-state index >= 15 is 0 Å². The topological polar surface area (TPSA) is 77.8 Å². The van der Waals surface area contributed by atoms with Crippen molar-refractivity contribution in [3.8, 4) is 11.8 Å². The van der Waals surface area contributed by atoms with Crippen molar-refractivity contribution in [3.05, 3.63) is 11.6 Å². The summed E-state index contributed by atoms with van der Waals surface area (Å²) >= 11 is 0. The zero-order valence-electron chi connectivity index (χ0n) is 15.6. The second kappa shape index (κ2) is 9.06. The van der Waals surface area contributed by atoms with Crippen LogP contribution in [0.4, 0.5) is 0 Å². The molecule has 144 valence electrons. The van der Waals surface area contributed by atoms with Crippen molar-refractivity contribution in [3.63, 3.8) is 0 Å². The van der Waals surface area contributed by atoms with Crippen LogP contribution in [0.3, 0.4) is 0 Å². The monoisotopic (exact) mass is 360 g/mol. The zero-order chi connectivity index (χ0) is 18.5. The Morgan fingerprint density at radius 3 is 2.69 bits per heavy atom. The highest BCUT2D eigenvalue weighted by Gasteiger charge is 2.46. The van der Waals surface area contributed by atoms with Crippen LogP contribution in [0.15, 0.2) is 11.6 Å². The van der Waals surface area contributed by atoms with E-state index in [0.717, 1.165) is 25.7 Å². The molecule has 5 atom stereocenters. The molecule has 3 aliphatic carbocycles. The highest BCUT2D eigenvalue weighted by molar-refractivity contribution is 5.66. The lowest BCUT2D eigenvalue weighted by Gasteiger charge is -2.48. The standard InChI is InChI=1S/C22H32O4/c23-17(13-15-5-2-1-3-6-15)9-10-19-20-14-16(7-4-8-22(25)26)18(20)11-12-21(19)24/h7,15,17-21,23-24H,1-6,8,11-14H2,(H,25,26)/t17?,18-,19-,20+,21-/m0/s1. The van der Waals surface area contributed by atoms with Crippen LogP contribution in [-0.2, 0) is 4.79 Å². The summed E-state index contributed by atoms with van der Waals surface area (Å²) in [6, 6.07) is 0. The number of carboxylic acids is 1. The van der Waals surface area contributed by atoms with Gasteiger partial charge in [-0.1, -0.05) is 55.6 Å². The number of hydrogen-bond acceptors (Lipinski definition) is 3. The van der Waals surface area contributed by atoms with E-state index in [0.29, 0.717) is 24.2 Å². The molecule has 0 aromatic carbocycles. The molecule has 0 aliphatic heterocycles. The number of hydrogen-bond donors (Lipinski definition) is 3. The van der Waals surface area contributed by atoms with E-state index < -0.39 is 18.2 Å². The van der Waals surface area contributed by atoms with Gasteiger partial charge >= 0.3 is 5.97 Å². The van der Waals surface area contributed by atoms with Gasteiger partial charge in [0.15, 0.2) is 0 Å². The number of aliphatic carboxylic acids is 1. The molecule has 0 spiro atoms. The fourth-order valence-corrected chi connectivity index (χ4v) is 5.08. The van der Waals surface area contributed by atoms with Crippen LogP contribution in [0.2, 0.25) is 0 Å². The lowest BCUT2D eigenvalue weighted by atomic mass is 9.57. The smallest absolute Gasteiger partial charge is 0.303 e. The van der Waals surface area contributed by atoms with Gasteiger partial charge in [-0.05, 0) is 49.9 Å². The molecular weight excluding hydrogens is 328 g/mol. The maximum atomic E-state index is 10.7. The van der Waals surface area contributed by atoms with Crippen LogP contribution in [0.1, 0.15) is 70.6 Å². The third kappa shape index (κ3) is 4.90. The van der Waals surface area contributed by atoms with Crippen LogP contribution >= 0.6 is 0 Å². The molecular formula is C22H32O4. The predicted octanol–water partition coefficient (Wildman–Crippen LogP) is 3.52. The Balaban J connectivity index is 1.53. The van der Waals surface area contributed by atoms with Crippen molar-refractivity contribution in [2.75, 3.05) is 0 Å². The molecule has 26 heavy (non-hydrogen) atoms. The van der Waals surface area contributed by atoms with Gasteiger partial charge in [-0.25, -0.2) is 0 Å². The van der Waals surface area contributed by atoms with Crippen molar-refractivity contribution in [1.82, 2.24) is 0 Å². The number of aliphatic hydroxyl groups excluding tert-OH is 2. The minimum atomic E-state index is -0.757.